The fraction of sp³-hybridized carbons (Fsp3) is 0.444. The molecule has 0 aliphatic carbocycles. The molecule has 1 aromatic heterocycles. The molecule has 0 spiro atoms. The summed E-state index contributed by atoms with van der Waals surface area (Å²) >= 11 is 18.4. The summed E-state index contributed by atoms with van der Waals surface area (Å²) in [7, 11) is 4.10. The molecule has 1 saturated heterocycles. The standard InChI is InChI=1S/C18H21Cl3N4O2/c1-24(2)18(5-7-27-8-6-18)11-22-14-10-23-25(17(26)16(14)21)15-4-3-12(19)9-13(15)20/h3-4,9-10,22H,5-8,11H2,1-2H3. The minimum absolute atomic E-state index is 0.0596. The molecule has 6 nitrogen and oxygen atoms in total. The van der Waals surface area contributed by atoms with E-state index >= 15 is 0 Å². The monoisotopic (exact) mass is 430 g/mol. The van der Waals surface area contributed by atoms with Crippen LogP contribution in [0.15, 0.2) is 29.2 Å². The van der Waals surface area contributed by atoms with Gasteiger partial charge in [0.1, 0.15) is 5.02 Å². The Hall–Kier alpha value is -1.31. The van der Waals surface area contributed by atoms with E-state index in [4.69, 9.17) is 39.5 Å². The molecule has 3 rings (SSSR count). The molecule has 0 unspecified atom stereocenters. The molecule has 1 aliphatic heterocycles. The van der Waals surface area contributed by atoms with Crippen molar-refractivity contribution in [3.8, 4) is 5.69 Å². The number of ether oxygens (including phenoxy) is 1. The molecule has 0 saturated carbocycles. The topological polar surface area (TPSA) is 59.4 Å². The van der Waals surface area contributed by atoms with Crippen LogP contribution in [0.2, 0.25) is 15.1 Å². The highest BCUT2D eigenvalue weighted by molar-refractivity contribution is 6.36. The summed E-state index contributed by atoms with van der Waals surface area (Å²) < 4.78 is 6.66. The fourth-order valence-corrected chi connectivity index (χ4v) is 3.86. The van der Waals surface area contributed by atoms with Crippen molar-refractivity contribution in [3.05, 3.63) is 49.8 Å². The van der Waals surface area contributed by atoms with E-state index in [9.17, 15) is 4.79 Å². The van der Waals surface area contributed by atoms with E-state index in [0.29, 0.717) is 41.2 Å². The van der Waals surface area contributed by atoms with Crippen molar-refractivity contribution in [1.82, 2.24) is 14.7 Å². The Bertz CT molecular complexity index is 879. The molecule has 1 fully saturated rings. The zero-order valence-corrected chi connectivity index (χ0v) is 17.4. The first-order chi connectivity index (χ1) is 12.8. The highest BCUT2D eigenvalue weighted by atomic mass is 35.5. The average molecular weight is 432 g/mol. The van der Waals surface area contributed by atoms with E-state index in [-0.39, 0.29) is 10.6 Å². The Morgan fingerprint density at radius 2 is 1.96 bits per heavy atom. The van der Waals surface area contributed by atoms with Crippen molar-refractivity contribution in [2.75, 3.05) is 39.2 Å². The molecule has 2 aromatic rings. The van der Waals surface area contributed by atoms with Gasteiger partial charge in [0.2, 0.25) is 0 Å². The molecule has 146 valence electrons. The first kappa shape index (κ1) is 20.4. The maximum atomic E-state index is 12.7. The predicted molar refractivity (Wildman–Crippen MR) is 110 cm³/mol. The van der Waals surface area contributed by atoms with E-state index < -0.39 is 5.56 Å². The van der Waals surface area contributed by atoms with Crippen molar-refractivity contribution in [2.24, 2.45) is 0 Å². The van der Waals surface area contributed by atoms with Gasteiger partial charge in [-0.05, 0) is 45.1 Å². The second kappa shape index (κ2) is 8.37. The molecule has 0 bridgehead atoms. The summed E-state index contributed by atoms with van der Waals surface area (Å²) in [6.07, 6.45) is 3.34. The SMILES string of the molecule is CN(C)C1(CNc2cnn(-c3ccc(Cl)cc3Cl)c(=O)c2Cl)CCOCC1. The Morgan fingerprint density at radius 3 is 2.59 bits per heavy atom. The van der Waals surface area contributed by atoms with Crippen LogP contribution < -0.4 is 10.9 Å². The van der Waals surface area contributed by atoms with Gasteiger partial charge in [-0.15, -0.1) is 0 Å². The molecule has 0 amide bonds. The third-order valence-electron chi connectivity index (χ3n) is 5.04. The van der Waals surface area contributed by atoms with Crippen molar-refractivity contribution in [3.63, 3.8) is 0 Å². The van der Waals surface area contributed by atoms with Gasteiger partial charge in [-0.1, -0.05) is 34.8 Å². The summed E-state index contributed by atoms with van der Waals surface area (Å²) in [6.45, 7) is 2.06. The summed E-state index contributed by atoms with van der Waals surface area (Å²) in [4.78, 5) is 14.9. The first-order valence-corrected chi connectivity index (χ1v) is 9.70. The molecule has 1 aliphatic rings. The number of hydrogen-bond donors (Lipinski definition) is 1. The molecular formula is C18H21Cl3N4O2. The number of anilines is 1. The van der Waals surface area contributed by atoms with Crippen LogP contribution in [0.5, 0.6) is 0 Å². The number of halogens is 3. The van der Waals surface area contributed by atoms with E-state index in [1.165, 1.54) is 10.9 Å². The second-order valence-corrected chi connectivity index (χ2v) is 7.99. The lowest BCUT2D eigenvalue weighted by atomic mass is 9.88. The lowest BCUT2D eigenvalue weighted by Crippen LogP contribution is -2.53. The zero-order chi connectivity index (χ0) is 19.6. The molecule has 0 radical (unpaired) electrons. The summed E-state index contributed by atoms with van der Waals surface area (Å²) in [6, 6.07) is 4.83. The number of nitrogens with one attached hydrogen (secondary N) is 1. The second-order valence-electron chi connectivity index (χ2n) is 6.77. The third-order valence-corrected chi connectivity index (χ3v) is 5.94. The van der Waals surface area contributed by atoms with Crippen molar-refractivity contribution >= 4 is 40.5 Å². The number of rotatable bonds is 5. The molecule has 9 heteroatoms. The van der Waals surface area contributed by atoms with Crippen LogP contribution in [0, 0.1) is 0 Å². The highest BCUT2D eigenvalue weighted by Gasteiger charge is 2.34. The first-order valence-electron chi connectivity index (χ1n) is 8.56. The van der Waals surface area contributed by atoms with Crippen LogP contribution >= 0.6 is 34.8 Å². The molecular weight excluding hydrogens is 411 g/mol. The van der Waals surface area contributed by atoms with Crippen molar-refractivity contribution < 1.29 is 4.74 Å². The van der Waals surface area contributed by atoms with Crippen LogP contribution in [-0.4, -0.2) is 54.1 Å². The normalized spacial score (nSPS) is 16.5. The van der Waals surface area contributed by atoms with Gasteiger partial charge in [-0.25, -0.2) is 0 Å². The minimum atomic E-state index is -0.447. The summed E-state index contributed by atoms with van der Waals surface area (Å²) in [5.41, 5.74) is 0.414. The van der Waals surface area contributed by atoms with Gasteiger partial charge in [-0.3, -0.25) is 4.79 Å². The lowest BCUT2D eigenvalue weighted by Gasteiger charge is -2.43. The Balaban J connectivity index is 1.86. The molecule has 1 N–H and O–H groups in total. The predicted octanol–water partition coefficient (Wildman–Crippen LogP) is 3.72. The molecule has 2 heterocycles. The number of aromatic nitrogens is 2. The summed E-state index contributed by atoms with van der Waals surface area (Å²) in [5, 5.41) is 8.38. The number of benzene rings is 1. The van der Waals surface area contributed by atoms with Crippen LogP contribution in [0.3, 0.4) is 0 Å². The number of hydrogen-bond acceptors (Lipinski definition) is 5. The quantitative estimate of drug-likeness (QED) is 0.782. The largest absolute Gasteiger partial charge is 0.381 e. The van der Waals surface area contributed by atoms with Crippen LogP contribution in [0.1, 0.15) is 12.8 Å². The van der Waals surface area contributed by atoms with Gasteiger partial charge in [0.05, 0.1) is 22.6 Å². The molecule has 27 heavy (non-hydrogen) atoms. The van der Waals surface area contributed by atoms with Gasteiger partial charge < -0.3 is 15.0 Å². The van der Waals surface area contributed by atoms with Crippen LogP contribution in [-0.2, 0) is 4.74 Å². The Kier molecular flexibility index (Phi) is 6.33. The van der Waals surface area contributed by atoms with E-state index in [0.717, 1.165) is 12.8 Å². The summed E-state index contributed by atoms with van der Waals surface area (Å²) in [5.74, 6) is 0. The van der Waals surface area contributed by atoms with Crippen molar-refractivity contribution in [2.45, 2.75) is 18.4 Å². The van der Waals surface area contributed by atoms with Crippen LogP contribution in [0.4, 0.5) is 5.69 Å². The molecule has 0 atom stereocenters. The van der Waals surface area contributed by atoms with Crippen molar-refractivity contribution in [1.29, 1.82) is 0 Å². The number of nitrogens with zero attached hydrogens (tertiary/aromatic N) is 3. The third kappa shape index (κ3) is 4.25. The van der Waals surface area contributed by atoms with E-state index in [2.05, 4.69) is 15.3 Å². The maximum Gasteiger partial charge on any atom is 0.292 e. The van der Waals surface area contributed by atoms with Gasteiger partial charge in [-0.2, -0.15) is 9.78 Å². The molecule has 1 aromatic carbocycles. The van der Waals surface area contributed by atoms with Crippen LogP contribution in [0.25, 0.3) is 5.69 Å². The van der Waals surface area contributed by atoms with Gasteiger partial charge in [0.15, 0.2) is 0 Å². The lowest BCUT2D eigenvalue weighted by molar-refractivity contribution is -0.000631. The maximum absolute atomic E-state index is 12.7. The fourth-order valence-electron chi connectivity index (χ4n) is 3.17. The van der Waals surface area contributed by atoms with Gasteiger partial charge in [0, 0.05) is 30.3 Å². The Morgan fingerprint density at radius 1 is 1.26 bits per heavy atom. The van der Waals surface area contributed by atoms with Gasteiger partial charge in [0.25, 0.3) is 5.56 Å². The van der Waals surface area contributed by atoms with Gasteiger partial charge >= 0.3 is 0 Å². The zero-order valence-electron chi connectivity index (χ0n) is 15.1. The average Bonchev–Trinajstić information content (AvgIpc) is 2.64. The minimum Gasteiger partial charge on any atom is -0.381 e. The Labute approximate surface area is 173 Å². The van der Waals surface area contributed by atoms with E-state index in [1.54, 1.807) is 18.2 Å². The number of likely N-dealkylation sites (N-methyl/N-ethyl adjacent to an activating group) is 1. The van der Waals surface area contributed by atoms with E-state index in [1.807, 2.05) is 14.1 Å². The highest BCUT2D eigenvalue weighted by Crippen LogP contribution is 2.28. The smallest absolute Gasteiger partial charge is 0.292 e.